The number of nitrogens with zero attached hydrogens (tertiary/aromatic N) is 5. The smallest absolute Gasteiger partial charge is 0.319 e. The molecule has 2 aliphatic rings. The molecule has 0 aromatic carbocycles. The van der Waals surface area contributed by atoms with Crippen molar-refractivity contribution in [2.75, 3.05) is 62.9 Å². The van der Waals surface area contributed by atoms with Gasteiger partial charge in [0.2, 0.25) is 0 Å². The van der Waals surface area contributed by atoms with E-state index in [1.807, 2.05) is 6.07 Å². The second-order valence-corrected chi connectivity index (χ2v) is 8.94. The number of nitrogens with one attached hydrogen (secondary N) is 1. The third-order valence-electron chi connectivity index (χ3n) is 5.52. The molecule has 0 aliphatic carbocycles. The molecule has 0 radical (unpaired) electrons. The quantitative estimate of drug-likeness (QED) is 0.470. The molecular formula is C22H32N6O2S. The van der Waals surface area contributed by atoms with Crippen molar-refractivity contribution in [1.29, 1.82) is 0 Å². The van der Waals surface area contributed by atoms with Crippen LogP contribution in [-0.2, 0) is 11.2 Å². The van der Waals surface area contributed by atoms with Crippen molar-refractivity contribution in [1.82, 2.24) is 14.9 Å². The van der Waals surface area contributed by atoms with E-state index in [-0.39, 0.29) is 0 Å². The lowest BCUT2D eigenvalue weighted by Crippen LogP contribution is -2.37. The van der Waals surface area contributed by atoms with Gasteiger partial charge in [0.05, 0.1) is 25.1 Å². The first-order chi connectivity index (χ1) is 15.3. The summed E-state index contributed by atoms with van der Waals surface area (Å²) >= 11 is 1.71. The Morgan fingerprint density at radius 3 is 2.77 bits per heavy atom. The molecule has 0 atom stereocenters. The topological polar surface area (TPSA) is 75.1 Å². The van der Waals surface area contributed by atoms with Crippen molar-refractivity contribution in [3.05, 3.63) is 28.8 Å². The molecule has 1 N–H and O–H groups in total. The zero-order valence-corrected chi connectivity index (χ0v) is 19.1. The SMILES string of the molecule is CCc1ccc(N/N=C/c2cc(N3CCOCC3)nc(OCCN3CCCCC3)n2)s1. The van der Waals surface area contributed by atoms with Gasteiger partial charge in [0.15, 0.2) is 0 Å². The van der Waals surface area contributed by atoms with Gasteiger partial charge in [-0.3, -0.25) is 10.3 Å². The highest BCUT2D eigenvalue weighted by Crippen LogP contribution is 2.22. The van der Waals surface area contributed by atoms with Crippen LogP contribution in [0.3, 0.4) is 0 Å². The van der Waals surface area contributed by atoms with Crippen LogP contribution in [0.4, 0.5) is 10.8 Å². The molecule has 2 aromatic rings. The van der Waals surface area contributed by atoms with Crippen LogP contribution in [0.25, 0.3) is 0 Å². The van der Waals surface area contributed by atoms with Gasteiger partial charge in [-0.2, -0.15) is 15.1 Å². The summed E-state index contributed by atoms with van der Waals surface area (Å²) in [6.45, 7) is 9.01. The van der Waals surface area contributed by atoms with Crippen LogP contribution in [0.1, 0.15) is 36.8 Å². The minimum atomic E-state index is 0.409. The minimum Gasteiger partial charge on any atom is -0.462 e. The Hall–Kier alpha value is -2.23. The minimum absolute atomic E-state index is 0.409. The first-order valence-electron chi connectivity index (χ1n) is 11.2. The molecule has 0 spiro atoms. The maximum Gasteiger partial charge on any atom is 0.319 e. The van der Waals surface area contributed by atoms with E-state index in [0.717, 1.165) is 55.7 Å². The summed E-state index contributed by atoms with van der Waals surface area (Å²) in [7, 11) is 0. The molecule has 0 amide bonds. The lowest BCUT2D eigenvalue weighted by Gasteiger charge is -2.28. The molecule has 0 saturated carbocycles. The van der Waals surface area contributed by atoms with E-state index in [2.05, 4.69) is 49.4 Å². The summed E-state index contributed by atoms with van der Waals surface area (Å²) in [5, 5.41) is 5.40. The van der Waals surface area contributed by atoms with Crippen molar-refractivity contribution in [2.24, 2.45) is 5.10 Å². The van der Waals surface area contributed by atoms with Crippen molar-refractivity contribution < 1.29 is 9.47 Å². The highest BCUT2D eigenvalue weighted by molar-refractivity contribution is 7.16. The summed E-state index contributed by atoms with van der Waals surface area (Å²) in [5.41, 5.74) is 3.83. The zero-order chi connectivity index (χ0) is 21.3. The third-order valence-corrected chi connectivity index (χ3v) is 6.65. The van der Waals surface area contributed by atoms with Crippen LogP contribution in [0.15, 0.2) is 23.3 Å². The number of piperidine rings is 1. The molecule has 4 rings (SSSR count). The standard InChI is InChI=1S/C22H32N6O2S/c1-2-19-6-7-21(31-19)26-23-17-18-16-20(28-11-13-29-14-12-28)25-22(24-18)30-15-10-27-8-4-3-5-9-27/h6-7,16-17,26H,2-5,8-15H2,1H3/b23-17+. The molecule has 4 heterocycles. The average Bonchev–Trinajstić information content (AvgIpc) is 3.28. The average molecular weight is 445 g/mol. The number of hydrogen-bond acceptors (Lipinski definition) is 9. The van der Waals surface area contributed by atoms with E-state index < -0.39 is 0 Å². The van der Waals surface area contributed by atoms with Gasteiger partial charge >= 0.3 is 6.01 Å². The number of aryl methyl sites for hydroxylation is 1. The number of aromatic nitrogens is 2. The molecule has 2 saturated heterocycles. The van der Waals surface area contributed by atoms with Crippen molar-refractivity contribution in [2.45, 2.75) is 32.6 Å². The van der Waals surface area contributed by atoms with E-state index in [1.165, 1.54) is 24.1 Å². The zero-order valence-electron chi connectivity index (χ0n) is 18.3. The van der Waals surface area contributed by atoms with Gasteiger partial charge in [-0.05, 0) is 44.5 Å². The molecule has 2 fully saturated rings. The van der Waals surface area contributed by atoms with Crippen LogP contribution in [0.2, 0.25) is 0 Å². The highest BCUT2D eigenvalue weighted by atomic mass is 32.1. The van der Waals surface area contributed by atoms with Gasteiger partial charge in [0.1, 0.15) is 17.4 Å². The van der Waals surface area contributed by atoms with Gasteiger partial charge in [-0.1, -0.05) is 13.3 Å². The normalized spacial score (nSPS) is 17.9. The number of hydrogen-bond donors (Lipinski definition) is 1. The van der Waals surface area contributed by atoms with Gasteiger partial charge < -0.3 is 14.4 Å². The van der Waals surface area contributed by atoms with Gasteiger partial charge in [0.25, 0.3) is 0 Å². The van der Waals surface area contributed by atoms with E-state index in [0.29, 0.717) is 25.8 Å². The van der Waals surface area contributed by atoms with Crippen LogP contribution in [0, 0.1) is 0 Å². The maximum atomic E-state index is 5.96. The molecule has 2 aliphatic heterocycles. The lowest BCUT2D eigenvalue weighted by molar-refractivity contribution is 0.122. The number of morpholine rings is 1. The first kappa shape index (κ1) is 22.0. The van der Waals surface area contributed by atoms with E-state index in [1.54, 1.807) is 17.6 Å². The first-order valence-corrected chi connectivity index (χ1v) is 12.1. The van der Waals surface area contributed by atoms with Crippen LogP contribution < -0.4 is 15.1 Å². The Morgan fingerprint density at radius 2 is 2.00 bits per heavy atom. The Bertz CT molecular complexity index is 846. The number of likely N-dealkylation sites (tertiary alicyclic amines) is 1. The number of ether oxygens (including phenoxy) is 2. The molecule has 31 heavy (non-hydrogen) atoms. The predicted octanol–water partition coefficient (Wildman–Crippen LogP) is 3.25. The van der Waals surface area contributed by atoms with Gasteiger partial charge in [-0.25, -0.2) is 0 Å². The van der Waals surface area contributed by atoms with E-state index in [4.69, 9.17) is 9.47 Å². The van der Waals surface area contributed by atoms with Crippen LogP contribution in [-0.4, -0.2) is 73.6 Å². The summed E-state index contributed by atoms with van der Waals surface area (Å²) in [6, 6.07) is 6.54. The van der Waals surface area contributed by atoms with Crippen LogP contribution >= 0.6 is 11.3 Å². The molecule has 0 bridgehead atoms. The number of thiophene rings is 1. The van der Waals surface area contributed by atoms with Crippen molar-refractivity contribution in [3.63, 3.8) is 0 Å². The fourth-order valence-electron chi connectivity index (χ4n) is 3.75. The Labute approximate surface area is 188 Å². The lowest BCUT2D eigenvalue weighted by atomic mass is 10.1. The summed E-state index contributed by atoms with van der Waals surface area (Å²) in [5.74, 6) is 0.858. The van der Waals surface area contributed by atoms with E-state index >= 15 is 0 Å². The predicted molar refractivity (Wildman–Crippen MR) is 126 cm³/mol. The third kappa shape index (κ3) is 6.62. The molecule has 9 heteroatoms. The monoisotopic (exact) mass is 444 g/mol. The van der Waals surface area contributed by atoms with Crippen molar-refractivity contribution >= 4 is 28.4 Å². The second kappa shape index (κ2) is 11.4. The molecular weight excluding hydrogens is 412 g/mol. The number of anilines is 2. The fourth-order valence-corrected chi connectivity index (χ4v) is 4.55. The van der Waals surface area contributed by atoms with Crippen molar-refractivity contribution in [3.8, 4) is 6.01 Å². The molecule has 168 valence electrons. The molecule has 0 unspecified atom stereocenters. The Kier molecular flexibility index (Phi) is 8.09. The Morgan fingerprint density at radius 1 is 1.16 bits per heavy atom. The molecule has 8 nitrogen and oxygen atoms in total. The Balaban J connectivity index is 1.42. The van der Waals surface area contributed by atoms with Gasteiger partial charge in [0, 0.05) is 30.6 Å². The second-order valence-electron chi connectivity index (χ2n) is 7.77. The number of hydrazone groups is 1. The van der Waals surface area contributed by atoms with Crippen LogP contribution in [0.5, 0.6) is 6.01 Å². The summed E-state index contributed by atoms with van der Waals surface area (Å²) in [4.78, 5) is 15.2. The largest absolute Gasteiger partial charge is 0.462 e. The highest BCUT2D eigenvalue weighted by Gasteiger charge is 2.16. The number of rotatable bonds is 9. The maximum absolute atomic E-state index is 5.96. The molecule has 2 aromatic heterocycles. The fraction of sp³-hybridized carbons (Fsp3) is 0.591. The summed E-state index contributed by atoms with van der Waals surface area (Å²) in [6.07, 6.45) is 6.66. The van der Waals surface area contributed by atoms with Gasteiger partial charge in [-0.15, -0.1) is 11.3 Å². The summed E-state index contributed by atoms with van der Waals surface area (Å²) < 4.78 is 11.4. The van der Waals surface area contributed by atoms with E-state index in [9.17, 15) is 0 Å².